The maximum Gasteiger partial charge on any atom is 0.511 e. The van der Waals surface area contributed by atoms with Crippen LogP contribution in [0.4, 0.5) is 4.79 Å². The van der Waals surface area contributed by atoms with E-state index < -0.39 is 61.5 Å². The normalized spacial score (nSPS) is 30.1. The lowest BCUT2D eigenvalue weighted by Crippen LogP contribution is -2.59. The number of aliphatic hydroxyl groups is 4. The summed E-state index contributed by atoms with van der Waals surface area (Å²) in [4.78, 5) is 35.8. The molecule has 12 heteroatoms. The first kappa shape index (κ1) is 27.3. The minimum Gasteiger partial charge on any atom is -0.431 e. The van der Waals surface area contributed by atoms with Gasteiger partial charge in [-0.05, 0) is 25.7 Å². The standard InChI is InChI=1S/C21H35NO11/c1-12(24)22-10-16-17(26)9-21(29,33-18(16)8-14(25)11-23)19(27)30-13(2)31-20(28)32-15-6-4-3-5-7-15/h13-18,23,25-26,29H,3-11H2,1-2H3,(H,22,24)/t13?,14-,16?,17?,18?,21?/m0/s1. The molecule has 0 radical (unpaired) electrons. The van der Waals surface area contributed by atoms with Gasteiger partial charge in [-0.1, -0.05) is 6.42 Å². The second kappa shape index (κ2) is 12.5. The van der Waals surface area contributed by atoms with E-state index in [9.17, 15) is 29.7 Å². The van der Waals surface area contributed by atoms with Crippen LogP contribution in [0.3, 0.4) is 0 Å². The number of carbonyl (C=O) groups excluding carboxylic acids is 3. The molecular formula is C21H35NO11. The number of esters is 1. The molecule has 2 fully saturated rings. The van der Waals surface area contributed by atoms with Crippen molar-refractivity contribution in [1.82, 2.24) is 5.32 Å². The molecular weight excluding hydrogens is 442 g/mol. The van der Waals surface area contributed by atoms with E-state index in [1.807, 2.05) is 0 Å². The highest BCUT2D eigenvalue weighted by Crippen LogP contribution is 2.34. The van der Waals surface area contributed by atoms with Crippen LogP contribution in [0.15, 0.2) is 0 Å². The maximum atomic E-state index is 12.6. The van der Waals surface area contributed by atoms with Crippen molar-refractivity contribution >= 4 is 18.0 Å². The van der Waals surface area contributed by atoms with Crippen molar-refractivity contribution in [3.05, 3.63) is 0 Å². The summed E-state index contributed by atoms with van der Waals surface area (Å²) < 4.78 is 20.6. The first-order valence-corrected chi connectivity index (χ1v) is 11.2. The van der Waals surface area contributed by atoms with Gasteiger partial charge in [-0.3, -0.25) is 4.79 Å². The highest BCUT2D eigenvalue weighted by molar-refractivity contribution is 5.78. The molecule has 1 heterocycles. The molecule has 1 aliphatic heterocycles. The van der Waals surface area contributed by atoms with Crippen molar-refractivity contribution in [2.45, 2.75) is 95.3 Å². The lowest BCUT2D eigenvalue weighted by atomic mass is 9.84. The molecule has 6 atom stereocenters. The first-order valence-electron chi connectivity index (χ1n) is 11.2. The number of aliphatic hydroxyl groups excluding tert-OH is 3. The molecule has 2 aliphatic rings. The number of rotatable bonds is 9. The Morgan fingerprint density at radius 1 is 1.18 bits per heavy atom. The van der Waals surface area contributed by atoms with Crippen LogP contribution < -0.4 is 5.32 Å². The zero-order valence-electron chi connectivity index (χ0n) is 19.0. The van der Waals surface area contributed by atoms with E-state index in [0.29, 0.717) is 0 Å². The Balaban J connectivity index is 1.97. The molecule has 2 rings (SSSR count). The highest BCUT2D eigenvalue weighted by Gasteiger charge is 2.52. The Morgan fingerprint density at radius 3 is 2.45 bits per heavy atom. The van der Waals surface area contributed by atoms with Gasteiger partial charge >= 0.3 is 12.1 Å². The van der Waals surface area contributed by atoms with Gasteiger partial charge < -0.3 is 44.7 Å². The number of ether oxygens (including phenoxy) is 4. The molecule has 1 amide bonds. The van der Waals surface area contributed by atoms with E-state index in [1.165, 1.54) is 13.8 Å². The molecule has 190 valence electrons. The van der Waals surface area contributed by atoms with E-state index in [2.05, 4.69) is 5.32 Å². The lowest BCUT2D eigenvalue weighted by molar-refractivity contribution is -0.296. The third-order valence-corrected chi connectivity index (χ3v) is 5.78. The van der Waals surface area contributed by atoms with Crippen LogP contribution in [0, 0.1) is 5.92 Å². The van der Waals surface area contributed by atoms with Gasteiger partial charge in [-0.15, -0.1) is 0 Å². The Morgan fingerprint density at radius 2 is 1.85 bits per heavy atom. The molecule has 0 bridgehead atoms. The van der Waals surface area contributed by atoms with E-state index in [1.54, 1.807) is 0 Å². The molecule has 0 aromatic rings. The van der Waals surface area contributed by atoms with E-state index >= 15 is 0 Å². The third kappa shape index (κ3) is 8.38. The minimum atomic E-state index is -2.60. The fraction of sp³-hybridized carbons (Fsp3) is 0.857. The SMILES string of the molecule is CC(=O)NCC1C(O)CC(O)(C(=O)OC(C)OC(=O)OC2CCCCC2)OC1C[C@H](O)CO. The van der Waals surface area contributed by atoms with Crippen molar-refractivity contribution < 1.29 is 53.8 Å². The van der Waals surface area contributed by atoms with Crippen LogP contribution in [0.2, 0.25) is 0 Å². The van der Waals surface area contributed by atoms with Gasteiger partial charge in [0, 0.05) is 39.2 Å². The molecule has 1 saturated heterocycles. The van der Waals surface area contributed by atoms with Crippen molar-refractivity contribution in [3.63, 3.8) is 0 Å². The van der Waals surface area contributed by atoms with E-state index in [4.69, 9.17) is 24.1 Å². The Bertz CT molecular complexity index is 669. The quantitative estimate of drug-likeness (QED) is 0.217. The topological polar surface area (TPSA) is 181 Å². The molecule has 0 aromatic heterocycles. The summed E-state index contributed by atoms with van der Waals surface area (Å²) in [5, 5.41) is 42.8. The average Bonchev–Trinajstić information content (AvgIpc) is 2.73. The van der Waals surface area contributed by atoms with Crippen molar-refractivity contribution in [2.24, 2.45) is 5.92 Å². The Labute approximate surface area is 192 Å². The molecule has 0 aromatic carbocycles. The molecule has 12 nitrogen and oxygen atoms in total. The summed E-state index contributed by atoms with van der Waals surface area (Å²) in [5.74, 6) is -5.05. The zero-order valence-corrected chi connectivity index (χ0v) is 19.0. The lowest BCUT2D eigenvalue weighted by Gasteiger charge is -2.43. The van der Waals surface area contributed by atoms with Crippen LogP contribution in [0.1, 0.15) is 58.8 Å². The van der Waals surface area contributed by atoms with Crippen LogP contribution in [0.5, 0.6) is 0 Å². The van der Waals surface area contributed by atoms with Gasteiger partial charge in [0.15, 0.2) is 0 Å². The molecule has 33 heavy (non-hydrogen) atoms. The number of hydrogen-bond donors (Lipinski definition) is 5. The monoisotopic (exact) mass is 477 g/mol. The number of carbonyl (C=O) groups is 3. The molecule has 1 saturated carbocycles. The maximum absolute atomic E-state index is 12.6. The number of nitrogens with one attached hydrogen (secondary N) is 1. The van der Waals surface area contributed by atoms with Crippen LogP contribution in [0.25, 0.3) is 0 Å². The first-order chi connectivity index (χ1) is 15.5. The van der Waals surface area contributed by atoms with Crippen LogP contribution in [-0.4, -0.2) is 88.1 Å². The van der Waals surface area contributed by atoms with Gasteiger partial charge in [0.05, 0.1) is 24.9 Å². The predicted molar refractivity (Wildman–Crippen MR) is 110 cm³/mol. The fourth-order valence-electron chi connectivity index (χ4n) is 4.04. The van der Waals surface area contributed by atoms with Crippen molar-refractivity contribution in [3.8, 4) is 0 Å². The third-order valence-electron chi connectivity index (χ3n) is 5.78. The summed E-state index contributed by atoms with van der Waals surface area (Å²) >= 11 is 0. The van der Waals surface area contributed by atoms with Crippen molar-refractivity contribution in [1.29, 1.82) is 0 Å². The minimum absolute atomic E-state index is 0.0447. The number of amides is 1. The van der Waals surface area contributed by atoms with E-state index in [0.717, 1.165) is 32.1 Å². The van der Waals surface area contributed by atoms with Gasteiger partial charge in [-0.2, -0.15) is 0 Å². The fourth-order valence-corrected chi connectivity index (χ4v) is 4.04. The largest absolute Gasteiger partial charge is 0.511 e. The van der Waals surface area contributed by atoms with Crippen molar-refractivity contribution in [2.75, 3.05) is 13.2 Å². The molecule has 5 unspecified atom stereocenters. The summed E-state index contributed by atoms with van der Waals surface area (Å²) in [5.41, 5.74) is 0. The van der Waals surface area contributed by atoms with Gasteiger partial charge in [0.25, 0.3) is 5.79 Å². The van der Waals surface area contributed by atoms with Crippen LogP contribution in [-0.2, 0) is 28.5 Å². The summed E-state index contributed by atoms with van der Waals surface area (Å²) in [6.45, 7) is 1.88. The van der Waals surface area contributed by atoms with Gasteiger partial charge in [0.2, 0.25) is 12.2 Å². The summed E-state index contributed by atoms with van der Waals surface area (Å²) in [7, 11) is 0. The molecule has 0 spiro atoms. The Kier molecular flexibility index (Phi) is 10.3. The summed E-state index contributed by atoms with van der Waals surface area (Å²) in [6.07, 6.45) is -2.70. The molecule has 1 aliphatic carbocycles. The average molecular weight is 478 g/mol. The summed E-state index contributed by atoms with van der Waals surface area (Å²) in [6, 6.07) is 0. The second-order valence-corrected chi connectivity index (χ2v) is 8.60. The second-order valence-electron chi connectivity index (χ2n) is 8.60. The molecule has 5 N–H and O–H groups in total. The number of hydrogen-bond acceptors (Lipinski definition) is 11. The Hall–Kier alpha value is -1.99. The predicted octanol–water partition coefficient (Wildman–Crippen LogP) is -0.304. The highest BCUT2D eigenvalue weighted by atomic mass is 16.8. The van der Waals surface area contributed by atoms with E-state index in [-0.39, 0.29) is 25.0 Å². The zero-order chi connectivity index (χ0) is 24.6. The van der Waals surface area contributed by atoms with Crippen LogP contribution >= 0.6 is 0 Å². The smallest absolute Gasteiger partial charge is 0.431 e. The van der Waals surface area contributed by atoms with Gasteiger partial charge in [0.1, 0.15) is 6.10 Å². The van der Waals surface area contributed by atoms with Gasteiger partial charge in [-0.25, -0.2) is 9.59 Å².